The minimum Gasteiger partial charge on any atom is -0.462 e. The number of carbonyl (C=O) groups excluding carboxylic acids is 4. The van der Waals surface area contributed by atoms with E-state index in [1.54, 1.807) is 0 Å². The van der Waals surface area contributed by atoms with E-state index in [9.17, 15) is 43.2 Å². The largest absolute Gasteiger partial charge is 0.472 e. The standard InChI is InChI=1S/C72H136O17P2/c1-7-10-12-14-16-17-18-19-22-26-29-32-36-43-49-55-70(75)83-61-67(88-71(76)56-50-44-37-33-30-27-24-21-20-23-25-28-31-35-40-46-52-64(4)5)62-86-90(78,79)84-58-66(73)59-85-91(80,81)87-63-68(60-82-69(74)54-48-42-34-15-13-11-8-2)89-72(77)57-51-45-39-38-41-47-53-65(6)9-3/h17-19,22,64-68,73H,7-16,20-21,23-63H2,1-6H3,(H,78,79)(H,80,81)/b18-17-,22-19-/t65?,66-,67-,68-/m1/s1. The van der Waals surface area contributed by atoms with Crippen molar-refractivity contribution in [2.75, 3.05) is 39.6 Å². The minimum absolute atomic E-state index is 0.100. The smallest absolute Gasteiger partial charge is 0.462 e. The number of ether oxygens (including phenoxy) is 4. The highest BCUT2D eigenvalue weighted by Crippen LogP contribution is 2.45. The topological polar surface area (TPSA) is 237 Å². The number of unbranched alkanes of at least 4 members (excludes halogenated alkanes) is 35. The molecule has 0 saturated heterocycles. The molecular weight excluding hydrogens is 1200 g/mol. The molecule has 0 heterocycles. The lowest BCUT2D eigenvalue weighted by molar-refractivity contribution is -0.161. The van der Waals surface area contributed by atoms with Crippen LogP contribution in [0.3, 0.4) is 0 Å². The first kappa shape index (κ1) is 88.5. The summed E-state index contributed by atoms with van der Waals surface area (Å²) in [5.74, 6) is -0.634. The number of hydrogen-bond donors (Lipinski definition) is 3. The molecule has 19 heteroatoms. The van der Waals surface area contributed by atoms with Gasteiger partial charge in [-0.3, -0.25) is 37.3 Å². The molecule has 0 aromatic rings. The second-order valence-electron chi connectivity index (χ2n) is 26.0. The summed E-state index contributed by atoms with van der Waals surface area (Å²) < 4.78 is 68.2. The molecule has 0 spiro atoms. The average molecular weight is 1340 g/mol. The van der Waals surface area contributed by atoms with E-state index in [1.807, 2.05) is 0 Å². The Labute approximate surface area is 554 Å². The number of carbonyl (C=O) groups is 4. The van der Waals surface area contributed by atoms with Gasteiger partial charge in [0, 0.05) is 25.7 Å². The third-order valence-corrected chi connectivity index (χ3v) is 18.3. The van der Waals surface area contributed by atoms with Crippen LogP contribution in [-0.4, -0.2) is 96.7 Å². The predicted octanol–water partition coefficient (Wildman–Crippen LogP) is 20.3. The van der Waals surface area contributed by atoms with Gasteiger partial charge in [-0.2, -0.15) is 0 Å². The number of aliphatic hydroxyl groups excluding tert-OH is 1. The summed E-state index contributed by atoms with van der Waals surface area (Å²) >= 11 is 0. The fraction of sp³-hybridized carbons (Fsp3) is 0.889. The Balaban J connectivity index is 5.22. The van der Waals surface area contributed by atoms with Crippen LogP contribution in [0.4, 0.5) is 0 Å². The van der Waals surface area contributed by atoms with Gasteiger partial charge in [-0.05, 0) is 63.2 Å². The summed E-state index contributed by atoms with van der Waals surface area (Å²) in [6.07, 6.45) is 52.4. The number of aliphatic hydroxyl groups is 1. The molecule has 536 valence electrons. The maximum atomic E-state index is 13.0. The van der Waals surface area contributed by atoms with Crippen molar-refractivity contribution in [1.82, 2.24) is 0 Å². The summed E-state index contributed by atoms with van der Waals surface area (Å²) in [6.45, 7) is 9.43. The van der Waals surface area contributed by atoms with Crippen molar-refractivity contribution >= 4 is 39.5 Å². The van der Waals surface area contributed by atoms with Crippen LogP contribution in [-0.2, 0) is 65.4 Å². The number of allylic oxidation sites excluding steroid dienone is 4. The van der Waals surface area contributed by atoms with Gasteiger partial charge in [0.25, 0.3) is 0 Å². The summed E-state index contributed by atoms with van der Waals surface area (Å²) in [5, 5.41) is 10.6. The van der Waals surface area contributed by atoms with Crippen molar-refractivity contribution in [2.24, 2.45) is 11.8 Å². The molecule has 0 aromatic heterocycles. The van der Waals surface area contributed by atoms with E-state index < -0.39 is 97.5 Å². The number of hydrogen-bond acceptors (Lipinski definition) is 15. The predicted molar refractivity (Wildman–Crippen MR) is 367 cm³/mol. The molecule has 0 aliphatic rings. The summed E-state index contributed by atoms with van der Waals surface area (Å²) in [5.41, 5.74) is 0. The third kappa shape index (κ3) is 64.6. The van der Waals surface area contributed by atoms with Crippen LogP contribution in [0.1, 0.15) is 343 Å². The van der Waals surface area contributed by atoms with Crippen molar-refractivity contribution in [3.63, 3.8) is 0 Å². The monoisotopic (exact) mass is 1330 g/mol. The number of rotatable bonds is 69. The highest BCUT2D eigenvalue weighted by atomic mass is 31.2. The van der Waals surface area contributed by atoms with E-state index in [2.05, 4.69) is 65.8 Å². The Hall–Kier alpha value is -2.46. The highest BCUT2D eigenvalue weighted by Gasteiger charge is 2.30. The Kier molecular flexibility index (Phi) is 61.9. The van der Waals surface area contributed by atoms with Crippen LogP contribution in [0, 0.1) is 11.8 Å². The molecule has 0 aliphatic heterocycles. The quantitative estimate of drug-likeness (QED) is 0.0169. The van der Waals surface area contributed by atoms with E-state index in [-0.39, 0.29) is 25.7 Å². The molecule has 0 aromatic carbocycles. The molecule has 3 unspecified atom stereocenters. The van der Waals surface area contributed by atoms with E-state index in [1.165, 1.54) is 128 Å². The molecule has 0 amide bonds. The summed E-state index contributed by atoms with van der Waals surface area (Å²) in [4.78, 5) is 72.4. The molecule has 0 rings (SSSR count). The van der Waals surface area contributed by atoms with Crippen LogP contribution >= 0.6 is 15.6 Å². The number of phosphoric ester groups is 2. The first-order valence-electron chi connectivity index (χ1n) is 36.8. The van der Waals surface area contributed by atoms with E-state index >= 15 is 0 Å². The van der Waals surface area contributed by atoms with Gasteiger partial charge < -0.3 is 33.8 Å². The summed E-state index contributed by atoms with van der Waals surface area (Å²) in [6, 6.07) is 0. The lowest BCUT2D eigenvalue weighted by atomic mass is 10.00. The Morgan fingerprint density at radius 1 is 0.363 bits per heavy atom. The maximum Gasteiger partial charge on any atom is 0.472 e. The number of phosphoric acid groups is 2. The lowest BCUT2D eigenvalue weighted by Crippen LogP contribution is -2.30. The zero-order valence-electron chi connectivity index (χ0n) is 58.6. The molecular formula is C72H136O17P2. The van der Waals surface area contributed by atoms with Gasteiger partial charge in [-0.25, -0.2) is 9.13 Å². The van der Waals surface area contributed by atoms with Crippen LogP contribution in [0.2, 0.25) is 0 Å². The molecule has 0 fully saturated rings. The van der Waals surface area contributed by atoms with Crippen molar-refractivity contribution in [3.05, 3.63) is 24.3 Å². The fourth-order valence-electron chi connectivity index (χ4n) is 10.4. The van der Waals surface area contributed by atoms with Crippen molar-refractivity contribution in [2.45, 2.75) is 362 Å². The molecule has 0 saturated carbocycles. The number of esters is 4. The van der Waals surface area contributed by atoms with Gasteiger partial charge in [-0.15, -0.1) is 0 Å². The first-order chi connectivity index (χ1) is 43.9. The second kappa shape index (κ2) is 63.6. The molecule has 3 N–H and O–H groups in total. The normalized spacial score (nSPS) is 14.6. The van der Waals surface area contributed by atoms with Crippen molar-refractivity contribution in [1.29, 1.82) is 0 Å². The molecule has 91 heavy (non-hydrogen) atoms. The highest BCUT2D eigenvalue weighted by molar-refractivity contribution is 7.47. The third-order valence-electron chi connectivity index (χ3n) is 16.4. The van der Waals surface area contributed by atoms with Gasteiger partial charge >= 0.3 is 39.5 Å². The average Bonchev–Trinajstić information content (AvgIpc) is 3.61. The Bertz CT molecular complexity index is 1860. The fourth-order valence-corrected chi connectivity index (χ4v) is 12.0. The van der Waals surface area contributed by atoms with Gasteiger partial charge in [-0.1, -0.05) is 291 Å². The molecule has 17 nitrogen and oxygen atoms in total. The SMILES string of the molecule is CCCCCC/C=C\C=C/CCCCCCCC(=O)OC[C@H](COP(=O)(O)OC[C@@H](O)COP(=O)(O)OC[C@@H](COC(=O)CCCCCCCCC)OC(=O)CCCCCCCCC(C)CC)OC(=O)CCCCCCCCCCCCCCCCCCC(C)C. The zero-order valence-corrected chi connectivity index (χ0v) is 60.4. The van der Waals surface area contributed by atoms with Crippen LogP contribution in [0.5, 0.6) is 0 Å². The van der Waals surface area contributed by atoms with Crippen molar-refractivity contribution < 1.29 is 80.2 Å². The van der Waals surface area contributed by atoms with Gasteiger partial charge in [0.1, 0.15) is 19.3 Å². The summed E-state index contributed by atoms with van der Waals surface area (Å²) in [7, 11) is -9.91. The van der Waals surface area contributed by atoms with Crippen LogP contribution in [0.25, 0.3) is 0 Å². The van der Waals surface area contributed by atoms with Crippen molar-refractivity contribution in [3.8, 4) is 0 Å². The van der Waals surface area contributed by atoms with Gasteiger partial charge in [0.2, 0.25) is 0 Å². The minimum atomic E-state index is -4.96. The Morgan fingerprint density at radius 2 is 0.648 bits per heavy atom. The molecule has 6 atom stereocenters. The Morgan fingerprint density at radius 3 is 0.989 bits per heavy atom. The van der Waals surface area contributed by atoms with E-state index in [0.29, 0.717) is 25.7 Å². The molecule has 0 radical (unpaired) electrons. The van der Waals surface area contributed by atoms with Crippen LogP contribution < -0.4 is 0 Å². The van der Waals surface area contributed by atoms with Crippen LogP contribution in [0.15, 0.2) is 24.3 Å². The maximum absolute atomic E-state index is 13.0. The van der Waals surface area contributed by atoms with E-state index in [0.717, 1.165) is 134 Å². The van der Waals surface area contributed by atoms with E-state index in [4.69, 9.17) is 37.0 Å². The molecule has 0 aliphatic carbocycles. The zero-order chi connectivity index (χ0) is 67.2. The second-order valence-corrected chi connectivity index (χ2v) is 28.9. The van der Waals surface area contributed by atoms with Gasteiger partial charge in [0.15, 0.2) is 12.2 Å². The lowest BCUT2D eigenvalue weighted by Gasteiger charge is -2.21. The molecule has 0 bridgehead atoms. The first-order valence-corrected chi connectivity index (χ1v) is 39.8. The van der Waals surface area contributed by atoms with Gasteiger partial charge in [0.05, 0.1) is 26.4 Å².